The lowest BCUT2D eigenvalue weighted by atomic mass is 10.2. The highest BCUT2D eigenvalue weighted by Crippen LogP contribution is 2.20. The van der Waals surface area contributed by atoms with E-state index in [9.17, 15) is 13.5 Å². The van der Waals surface area contributed by atoms with Gasteiger partial charge in [0.1, 0.15) is 0 Å². The number of β-amino-alcohol motifs (C(OH)–C–C–N with tert-alkyl or cyclic N) is 1. The van der Waals surface area contributed by atoms with Crippen molar-refractivity contribution in [2.24, 2.45) is 5.92 Å². The molecule has 0 aliphatic carbocycles. The molecule has 1 heterocycles. The van der Waals surface area contributed by atoms with Crippen LogP contribution in [0.3, 0.4) is 0 Å². The van der Waals surface area contributed by atoms with Crippen LogP contribution in [-0.4, -0.2) is 49.4 Å². The van der Waals surface area contributed by atoms with Crippen molar-refractivity contribution in [1.29, 1.82) is 0 Å². The first-order valence-corrected chi connectivity index (χ1v) is 9.94. The normalized spacial score (nSPS) is 22.8. The van der Waals surface area contributed by atoms with Crippen LogP contribution in [0.15, 0.2) is 30.3 Å². The maximum Gasteiger partial charge on any atom is 0.211 e. The van der Waals surface area contributed by atoms with Crippen LogP contribution in [0.4, 0.5) is 0 Å². The summed E-state index contributed by atoms with van der Waals surface area (Å²) < 4.78 is 26.8. The third kappa shape index (κ3) is 6.22. The molecule has 2 unspecified atom stereocenters. The number of hydrogen-bond acceptors (Lipinski definition) is 4. The van der Waals surface area contributed by atoms with Gasteiger partial charge in [0.05, 0.1) is 11.9 Å². The summed E-state index contributed by atoms with van der Waals surface area (Å²) >= 11 is 0. The topological polar surface area (TPSA) is 69.6 Å². The summed E-state index contributed by atoms with van der Waals surface area (Å²) in [6.45, 7) is 5.72. The maximum atomic E-state index is 12.0. The number of sulfonamides is 1. The average Bonchev–Trinajstić information content (AvgIpc) is 2.84. The van der Waals surface area contributed by atoms with E-state index in [2.05, 4.69) is 21.8 Å². The van der Waals surface area contributed by atoms with Gasteiger partial charge in [0.2, 0.25) is 10.0 Å². The van der Waals surface area contributed by atoms with Gasteiger partial charge in [-0.25, -0.2) is 13.1 Å². The van der Waals surface area contributed by atoms with Gasteiger partial charge in [-0.2, -0.15) is 0 Å². The molecule has 1 aromatic rings. The fourth-order valence-corrected chi connectivity index (χ4v) is 4.24. The zero-order valence-electron chi connectivity index (χ0n) is 14.0. The summed E-state index contributed by atoms with van der Waals surface area (Å²) in [5, 5.41) is 9.93. The van der Waals surface area contributed by atoms with Crippen LogP contribution >= 0.6 is 0 Å². The first-order chi connectivity index (χ1) is 10.9. The lowest BCUT2D eigenvalue weighted by Gasteiger charge is -2.24. The van der Waals surface area contributed by atoms with Crippen molar-refractivity contribution < 1.29 is 13.5 Å². The number of aliphatic hydroxyl groups excluding tert-OH is 1. The lowest BCUT2D eigenvalue weighted by molar-refractivity contribution is 0.172. The molecular weight excluding hydrogens is 312 g/mol. The Labute approximate surface area is 139 Å². The van der Waals surface area contributed by atoms with Gasteiger partial charge in [-0.15, -0.1) is 0 Å². The van der Waals surface area contributed by atoms with E-state index in [0.717, 1.165) is 6.54 Å². The smallest absolute Gasteiger partial charge is 0.211 e. The van der Waals surface area contributed by atoms with Crippen LogP contribution in [0.1, 0.15) is 32.3 Å². The second-order valence-corrected chi connectivity index (χ2v) is 8.73. The Hall–Kier alpha value is -0.950. The number of nitrogens with one attached hydrogen (secondary N) is 1. The Morgan fingerprint density at radius 1 is 1.30 bits per heavy atom. The van der Waals surface area contributed by atoms with E-state index in [1.807, 2.05) is 32.0 Å². The van der Waals surface area contributed by atoms with Crippen molar-refractivity contribution >= 4 is 10.0 Å². The zero-order valence-corrected chi connectivity index (χ0v) is 14.8. The summed E-state index contributed by atoms with van der Waals surface area (Å²) in [6, 6.07) is 10.1. The first kappa shape index (κ1) is 18.4. The van der Waals surface area contributed by atoms with Crippen LogP contribution in [0, 0.1) is 5.92 Å². The van der Waals surface area contributed by atoms with Gasteiger partial charge in [0.25, 0.3) is 0 Å². The number of rotatable bonds is 8. The van der Waals surface area contributed by atoms with E-state index in [0.29, 0.717) is 31.8 Å². The monoisotopic (exact) mass is 340 g/mol. The Bertz CT molecular complexity index is 575. The highest BCUT2D eigenvalue weighted by atomic mass is 32.2. The van der Waals surface area contributed by atoms with E-state index >= 15 is 0 Å². The van der Waals surface area contributed by atoms with Crippen LogP contribution < -0.4 is 4.72 Å². The number of aliphatic hydroxyl groups is 1. The number of likely N-dealkylation sites (tertiary alicyclic amines) is 1. The third-order valence-corrected chi connectivity index (χ3v) is 5.62. The quantitative estimate of drug-likeness (QED) is 0.754. The molecule has 2 rings (SSSR count). The molecule has 1 aliphatic heterocycles. The minimum atomic E-state index is -3.24. The molecular formula is C17H28N2O3S. The molecule has 0 bridgehead atoms. The Morgan fingerprint density at radius 2 is 2.00 bits per heavy atom. The fraction of sp³-hybridized carbons (Fsp3) is 0.647. The predicted octanol–water partition coefficient (Wildman–Crippen LogP) is 1.59. The van der Waals surface area contributed by atoms with E-state index < -0.39 is 10.0 Å². The van der Waals surface area contributed by atoms with E-state index in [-0.39, 0.29) is 17.9 Å². The van der Waals surface area contributed by atoms with Crippen LogP contribution in [-0.2, 0) is 16.6 Å². The van der Waals surface area contributed by atoms with Gasteiger partial charge in [-0.1, -0.05) is 44.2 Å². The van der Waals surface area contributed by atoms with Gasteiger partial charge in [-0.05, 0) is 24.3 Å². The standard InChI is InChI=1S/C17H28N2O3S/c1-14(2)8-9-23(21,22)18-11-16-10-17(20)13-19(16)12-15-6-4-3-5-7-15/h3-7,14,16-18,20H,8-13H2,1-2H3. The first-order valence-electron chi connectivity index (χ1n) is 8.29. The van der Waals surface area contributed by atoms with Gasteiger partial charge >= 0.3 is 0 Å². The Kier molecular flexibility index (Phi) is 6.59. The molecule has 130 valence electrons. The van der Waals surface area contributed by atoms with Crippen LogP contribution in [0.2, 0.25) is 0 Å². The SMILES string of the molecule is CC(C)CCS(=O)(=O)NCC1CC(O)CN1Cc1ccccc1. The summed E-state index contributed by atoms with van der Waals surface area (Å²) in [4.78, 5) is 2.16. The highest BCUT2D eigenvalue weighted by Gasteiger charge is 2.31. The Morgan fingerprint density at radius 3 is 2.65 bits per heavy atom. The second-order valence-electron chi connectivity index (χ2n) is 6.81. The minimum Gasteiger partial charge on any atom is -0.392 e. The molecule has 2 atom stereocenters. The summed E-state index contributed by atoms with van der Waals surface area (Å²) in [5.41, 5.74) is 1.18. The molecule has 0 aromatic heterocycles. The van der Waals surface area contributed by atoms with Gasteiger partial charge in [0.15, 0.2) is 0 Å². The Balaban J connectivity index is 1.89. The van der Waals surface area contributed by atoms with Crippen molar-refractivity contribution in [3.8, 4) is 0 Å². The molecule has 5 nitrogen and oxygen atoms in total. The maximum absolute atomic E-state index is 12.0. The van der Waals surface area contributed by atoms with Gasteiger partial charge in [0, 0.05) is 25.7 Å². The number of benzene rings is 1. The van der Waals surface area contributed by atoms with Crippen molar-refractivity contribution in [3.63, 3.8) is 0 Å². The number of hydrogen-bond donors (Lipinski definition) is 2. The van der Waals surface area contributed by atoms with Gasteiger partial charge < -0.3 is 5.11 Å². The van der Waals surface area contributed by atoms with Crippen molar-refractivity contribution in [3.05, 3.63) is 35.9 Å². The molecule has 0 radical (unpaired) electrons. The molecule has 23 heavy (non-hydrogen) atoms. The summed E-state index contributed by atoms with van der Waals surface area (Å²) in [5.74, 6) is 0.535. The molecule has 0 saturated carbocycles. The predicted molar refractivity (Wildman–Crippen MR) is 92.5 cm³/mol. The van der Waals surface area contributed by atoms with Gasteiger partial charge in [-0.3, -0.25) is 4.90 Å². The lowest BCUT2D eigenvalue weighted by Crippen LogP contribution is -2.40. The largest absolute Gasteiger partial charge is 0.392 e. The molecule has 6 heteroatoms. The average molecular weight is 340 g/mol. The molecule has 1 fully saturated rings. The zero-order chi connectivity index (χ0) is 16.9. The van der Waals surface area contributed by atoms with Crippen molar-refractivity contribution in [2.45, 2.75) is 45.4 Å². The van der Waals surface area contributed by atoms with Crippen LogP contribution in [0.25, 0.3) is 0 Å². The molecule has 0 spiro atoms. The fourth-order valence-electron chi connectivity index (χ4n) is 2.87. The van der Waals surface area contributed by atoms with Crippen molar-refractivity contribution in [1.82, 2.24) is 9.62 Å². The third-order valence-electron chi connectivity index (χ3n) is 4.24. The summed E-state index contributed by atoms with van der Waals surface area (Å²) in [7, 11) is -3.24. The number of nitrogens with zero attached hydrogens (tertiary/aromatic N) is 1. The van der Waals surface area contributed by atoms with Crippen LogP contribution in [0.5, 0.6) is 0 Å². The minimum absolute atomic E-state index is 0.0408. The molecule has 0 amide bonds. The molecule has 2 N–H and O–H groups in total. The highest BCUT2D eigenvalue weighted by molar-refractivity contribution is 7.89. The second kappa shape index (κ2) is 8.24. The van der Waals surface area contributed by atoms with Crippen molar-refractivity contribution in [2.75, 3.05) is 18.8 Å². The summed E-state index contributed by atoms with van der Waals surface area (Å²) in [6.07, 6.45) is 0.888. The molecule has 1 saturated heterocycles. The van der Waals surface area contributed by atoms with E-state index in [1.165, 1.54) is 5.56 Å². The van der Waals surface area contributed by atoms with E-state index in [4.69, 9.17) is 0 Å². The molecule has 1 aromatic carbocycles. The molecule has 1 aliphatic rings. The van der Waals surface area contributed by atoms with E-state index in [1.54, 1.807) is 0 Å².